The summed E-state index contributed by atoms with van der Waals surface area (Å²) in [5, 5.41) is 7.62. The lowest BCUT2D eigenvalue weighted by Crippen LogP contribution is -2.28. The lowest BCUT2D eigenvalue weighted by atomic mass is 10.0. The molecule has 0 fully saturated rings. The van der Waals surface area contributed by atoms with E-state index in [1.807, 2.05) is 49.4 Å². The van der Waals surface area contributed by atoms with Crippen molar-refractivity contribution < 1.29 is 18.8 Å². The van der Waals surface area contributed by atoms with Gasteiger partial charge in [0.1, 0.15) is 0 Å². The Morgan fingerprint density at radius 3 is 2.59 bits per heavy atom. The minimum absolute atomic E-state index is 0.232. The summed E-state index contributed by atoms with van der Waals surface area (Å²) in [6.45, 7) is 3.50. The number of carbonyl (C=O) groups excluding carboxylic acids is 2. The molecule has 0 saturated carbocycles. The summed E-state index contributed by atoms with van der Waals surface area (Å²) in [4.78, 5) is 29.5. The van der Waals surface area contributed by atoms with Gasteiger partial charge in [-0.15, -0.1) is 0 Å². The molecular weight excluding hydrogens is 430 g/mol. The minimum atomic E-state index is -0.662. The lowest BCUT2D eigenvalue weighted by Gasteiger charge is -2.09. The van der Waals surface area contributed by atoms with Crippen LogP contribution in [0.3, 0.4) is 0 Å². The first-order chi connectivity index (χ1) is 15.4. The van der Waals surface area contributed by atoms with Gasteiger partial charge in [-0.1, -0.05) is 64.8 Å². The Balaban J connectivity index is 1.51. The third-order valence-electron chi connectivity index (χ3n) is 4.95. The molecule has 0 bridgehead atoms. The number of halogens is 1. The summed E-state index contributed by atoms with van der Waals surface area (Å²) in [7, 11) is 0. The molecule has 2 heterocycles. The maximum Gasteiger partial charge on any atom is 0.339 e. The van der Waals surface area contributed by atoms with E-state index in [2.05, 4.69) is 15.5 Å². The van der Waals surface area contributed by atoms with Gasteiger partial charge in [-0.3, -0.25) is 4.79 Å². The number of benzene rings is 2. The van der Waals surface area contributed by atoms with Crippen molar-refractivity contribution in [2.24, 2.45) is 0 Å². The SMILES string of the molecule is Cc1ccc(-c2cc(C(=O)OCC(=O)NCc3ccccc3Cl)c3c(C)noc3n2)cc1. The van der Waals surface area contributed by atoms with Crippen LogP contribution >= 0.6 is 11.6 Å². The van der Waals surface area contributed by atoms with Crippen LogP contribution in [0.15, 0.2) is 59.1 Å². The number of aryl methyl sites for hydroxylation is 2. The van der Waals surface area contributed by atoms with Crippen LogP contribution in [0.5, 0.6) is 0 Å². The van der Waals surface area contributed by atoms with E-state index in [1.54, 1.807) is 19.1 Å². The van der Waals surface area contributed by atoms with Crippen LogP contribution in [-0.4, -0.2) is 28.6 Å². The lowest BCUT2D eigenvalue weighted by molar-refractivity contribution is -0.124. The Morgan fingerprint density at radius 2 is 1.84 bits per heavy atom. The molecule has 4 rings (SSSR count). The number of ether oxygens (including phenoxy) is 1. The number of hydrogen-bond acceptors (Lipinski definition) is 6. The van der Waals surface area contributed by atoms with Crippen LogP contribution in [0.25, 0.3) is 22.4 Å². The van der Waals surface area contributed by atoms with Gasteiger partial charge in [0.05, 0.1) is 22.3 Å². The van der Waals surface area contributed by atoms with Crippen LogP contribution in [0.4, 0.5) is 0 Å². The average Bonchev–Trinajstić information content (AvgIpc) is 3.17. The van der Waals surface area contributed by atoms with E-state index in [1.165, 1.54) is 0 Å². The van der Waals surface area contributed by atoms with Crippen LogP contribution < -0.4 is 5.32 Å². The fourth-order valence-corrected chi connectivity index (χ4v) is 3.43. The van der Waals surface area contributed by atoms with Crippen LogP contribution in [0.2, 0.25) is 5.02 Å². The molecule has 4 aromatic rings. The van der Waals surface area contributed by atoms with Gasteiger partial charge >= 0.3 is 5.97 Å². The van der Waals surface area contributed by atoms with Crippen LogP contribution in [0.1, 0.15) is 27.2 Å². The number of aromatic nitrogens is 2. The van der Waals surface area contributed by atoms with Crippen molar-refractivity contribution in [2.75, 3.05) is 6.61 Å². The quantitative estimate of drug-likeness (QED) is 0.431. The van der Waals surface area contributed by atoms with Gasteiger partial charge in [0.15, 0.2) is 6.61 Å². The minimum Gasteiger partial charge on any atom is -0.452 e. The van der Waals surface area contributed by atoms with Crippen LogP contribution in [-0.2, 0) is 16.1 Å². The second-order valence-electron chi connectivity index (χ2n) is 7.31. The molecule has 162 valence electrons. The molecule has 32 heavy (non-hydrogen) atoms. The first kappa shape index (κ1) is 21.5. The molecule has 0 aliphatic rings. The number of nitrogens with one attached hydrogen (secondary N) is 1. The zero-order valence-corrected chi connectivity index (χ0v) is 18.3. The van der Waals surface area contributed by atoms with Gasteiger partial charge in [-0.25, -0.2) is 9.78 Å². The number of hydrogen-bond donors (Lipinski definition) is 1. The van der Waals surface area contributed by atoms with E-state index in [4.69, 9.17) is 20.9 Å². The number of nitrogens with zero attached hydrogens (tertiary/aromatic N) is 2. The molecule has 0 aliphatic heterocycles. The van der Waals surface area contributed by atoms with Gasteiger partial charge < -0.3 is 14.6 Å². The highest BCUT2D eigenvalue weighted by Crippen LogP contribution is 2.27. The smallest absolute Gasteiger partial charge is 0.339 e. The highest BCUT2D eigenvalue weighted by molar-refractivity contribution is 6.31. The summed E-state index contributed by atoms with van der Waals surface area (Å²) < 4.78 is 10.6. The number of rotatable bonds is 6. The standard InChI is InChI=1S/C24H20ClN3O4/c1-14-7-9-16(10-8-14)20-11-18(22-15(2)28-32-23(22)27-20)24(30)31-13-21(29)26-12-17-5-3-4-6-19(17)25/h3-11H,12-13H2,1-2H3,(H,26,29). The Hall–Kier alpha value is -3.71. The Labute approximate surface area is 189 Å². The summed E-state index contributed by atoms with van der Waals surface area (Å²) in [6, 6.07) is 16.5. The Morgan fingerprint density at radius 1 is 1.09 bits per heavy atom. The number of esters is 1. The molecule has 2 aromatic carbocycles. The van der Waals surface area contributed by atoms with E-state index in [-0.39, 0.29) is 17.8 Å². The highest BCUT2D eigenvalue weighted by Gasteiger charge is 2.21. The normalized spacial score (nSPS) is 10.8. The van der Waals surface area contributed by atoms with E-state index < -0.39 is 18.5 Å². The molecule has 8 heteroatoms. The van der Waals surface area contributed by atoms with Gasteiger partial charge in [0.2, 0.25) is 0 Å². The zero-order chi connectivity index (χ0) is 22.7. The van der Waals surface area contributed by atoms with Crippen molar-refractivity contribution >= 4 is 34.6 Å². The van der Waals surface area contributed by atoms with Crippen molar-refractivity contribution in [2.45, 2.75) is 20.4 Å². The molecule has 1 amide bonds. The average molecular weight is 450 g/mol. The topological polar surface area (TPSA) is 94.3 Å². The molecule has 0 unspecified atom stereocenters. The van der Waals surface area contributed by atoms with E-state index in [9.17, 15) is 9.59 Å². The zero-order valence-electron chi connectivity index (χ0n) is 17.5. The Kier molecular flexibility index (Phi) is 6.18. The molecule has 2 aromatic heterocycles. The molecule has 0 atom stereocenters. The predicted molar refractivity (Wildman–Crippen MR) is 120 cm³/mol. The third-order valence-corrected chi connectivity index (χ3v) is 5.32. The second-order valence-corrected chi connectivity index (χ2v) is 7.72. The summed E-state index contributed by atoms with van der Waals surface area (Å²) in [6.07, 6.45) is 0. The highest BCUT2D eigenvalue weighted by atomic mass is 35.5. The third kappa shape index (κ3) is 4.63. The number of pyridine rings is 1. The molecule has 0 spiro atoms. The van der Waals surface area contributed by atoms with E-state index in [0.29, 0.717) is 21.8 Å². The monoisotopic (exact) mass is 449 g/mol. The van der Waals surface area contributed by atoms with E-state index in [0.717, 1.165) is 16.7 Å². The van der Waals surface area contributed by atoms with Crippen molar-refractivity contribution in [1.29, 1.82) is 0 Å². The van der Waals surface area contributed by atoms with Crippen molar-refractivity contribution in [3.8, 4) is 11.3 Å². The number of amides is 1. The Bertz CT molecular complexity index is 1300. The molecule has 0 saturated heterocycles. The maximum atomic E-state index is 12.9. The number of fused-ring (bicyclic) bond motifs is 1. The van der Waals surface area contributed by atoms with Gasteiger partial charge in [-0.05, 0) is 31.5 Å². The predicted octanol–water partition coefficient (Wildman–Crippen LogP) is 4.63. The maximum absolute atomic E-state index is 12.9. The summed E-state index contributed by atoms with van der Waals surface area (Å²) >= 11 is 6.09. The summed E-state index contributed by atoms with van der Waals surface area (Å²) in [5.41, 5.74) is 4.22. The van der Waals surface area contributed by atoms with Gasteiger partial charge in [0, 0.05) is 17.1 Å². The summed E-state index contributed by atoms with van der Waals surface area (Å²) in [5.74, 6) is -1.10. The number of carbonyl (C=O) groups is 2. The fraction of sp³-hybridized carbons (Fsp3) is 0.167. The molecule has 0 radical (unpaired) electrons. The molecular formula is C24H20ClN3O4. The molecule has 0 aliphatic carbocycles. The van der Waals surface area contributed by atoms with Gasteiger partial charge in [-0.2, -0.15) is 0 Å². The van der Waals surface area contributed by atoms with Crippen molar-refractivity contribution in [1.82, 2.24) is 15.5 Å². The molecule has 7 nitrogen and oxygen atoms in total. The first-order valence-electron chi connectivity index (χ1n) is 9.93. The largest absolute Gasteiger partial charge is 0.452 e. The first-order valence-corrected chi connectivity index (χ1v) is 10.3. The molecule has 1 N–H and O–H groups in total. The van der Waals surface area contributed by atoms with Crippen LogP contribution in [0, 0.1) is 13.8 Å². The van der Waals surface area contributed by atoms with Crippen molar-refractivity contribution in [3.05, 3.63) is 82.0 Å². The van der Waals surface area contributed by atoms with Crippen molar-refractivity contribution in [3.63, 3.8) is 0 Å². The fourth-order valence-electron chi connectivity index (χ4n) is 3.22. The van der Waals surface area contributed by atoms with Gasteiger partial charge in [0.25, 0.3) is 11.6 Å². The second kappa shape index (κ2) is 9.20. The van der Waals surface area contributed by atoms with E-state index >= 15 is 0 Å².